The van der Waals surface area contributed by atoms with Gasteiger partial charge in [-0.15, -0.1) is 0 Å². The van der Waals surface area contributed by atoms with E-state index in [9.17, 15) is 14.9 Å². The second-order valence-corrected chi connectivity index (χ2v) is 9.05. The smallest absolute Gasteiger partial charge is 0.288 e. The lowest BCUT2D eigenvalue weighted by Gasteiger charge is -2.31. The van der Waals surface area contributed by atoms with E-state index in [1.807, 2.05) is 72.9 Å². The number of aryl methyl sites for hydroxylation is 1. The minimum atomic E-state index is -0.571. The van der Waals surface area contributed by atoms with Crippen LogP contribution in [0.2, 0.25) is 5.02 Å². The highest BCUT2D eigenvalue weighted by atomic mass is 35.5. The van der Waals surface area contributed by atoms with Gasteiger partial charge in [0.05, 0.1) is 11.0 Å². The number of amides is 1. The Bertz CT molecular complexity index is 1390. The van der Waals surface area contributed by atoms with Crippen molar-refractivity contribution in [2.75, 3.05) is 6.54 Å². The summed E-state index contributed by atoms with van der Waals surface area (Å²) < 4.78 is 8.10. The number of fused-ring (bicyclic) bond motifs is 1. The van der Waals surface area contributed by atoms with E-state index in [0.717, 1.165) is 35.5 Å². The molecule has 1 unspecified atom stereocenters. The molecule has 1 aliphatic rings. The number of hydrogen-bond donors (Lipinski definition) is 0. The van der Waals surface area contributed by atoms with Crippen LogP contribution in [0.25, 0.3) is 0 Å². The number of benzene rings is 3. The third-order valence-electron chi connectivity index (χ3n) is 6.35. The number of hydrogen-bond acceptors (Lipinski definition) is 4. The molecule has 0 N–H and O–H groups in total. The van der Waals surface area contributed by atoms with Gasteiger partial charge in [0.15, 0.2) is 0 Å². The molecule has 1 aliphatic heterocycles. The van der Waals surface area contributed by atoms with E-state index in [0.29, 0.717) is 13.2 Å². The molecule has 182 valence electrons. The molecular weight excluding hydrogens is 478 g/mol. The molecule has 1 aromatic heterocycles. The maximum absolute atomic E-state index is 13.7. The standard InChI is InChI=1S/C28H24ClN3O4/c29-24-14-11-22(18-26(24)32(34)35)28(33)31-17-5-16-30-15-4-8-25(30)27(31)21-9-12-23(13-10-21)36-19-20-6-2-1-3-7-20/h1-4,6-15,18,27H,5,16-17,19H2. The summed E-state index contributed by atoms with van der Waals surface area (Å²) in [6.07, 6.45) is 2.78. The van der Waals surface area contributed by atoms with Gasteiger partial charge < -0.3 is 14.2 Å². The zero-order valence-corrected chi connectivity index (χ0v) is 20.2. The highest BCUT2D eigenvalue weighted by Gasteiger charge is 2.32. The highest BCUT2D eigenvalue weighted by molar-refractivity contribution is 6.32. The lowest BCUT2D eigenvalue weighted by atomic mass is 10.0. The number of nitrogens with zero attached hydrogens (tertiary/aromatic N) is 3. The molecule has 8 heteroatoms. The van der Waals surface area contributed by atoms with Crippen molar-refractivity contribution in [3.05, 3.63) is 129 Å². The Hall–Kier alpha value is -4.10. The van der Waals surface area contributed by atoms with Crippen LogP contribution in [-0.4, -0.2) is 26.8 Å². The summed E-state index contributed by atoms with van der Waals surface area (Å²) >= 11 is 5.98. The van der Waals surface area contributed by atoms with E-state index < -0.39 is 4.92 Å². The second kappa shape index (κ2) is 10.3. The van der Waals surface area contributed by atoms with Crippen LogP contribution in [0.4, 0.5) is 5.69 Å². The van der Waals surface area contributed by atoms with Crippen molar-refractivity contribution in [1.82, 2.24) is 9.47 Å². The van der Waals surface area contributed by atoms with Crippen molar-refractivity contribution in [2.24, 2.45) is 0 Å². The number of halogens is 1. The quantitative estimate of drug-likeness (QED) is 0.230. The first kappa shape index (κ1) is 23.6. The summed E-state index contributed by atoms with van der Waals surface area (Å²) in [6.45, 7) is 1.75. The van der Waals surface area contributed by atoms with Gasteiger partial charge in [0.2, 0.25) is 0 Å². The third-order valence-corrected chi connectivity index (χ3v) is 6.67. The summed E-state index contributed by atoms with van der Waals surface area (Å²) in [5.41, 5.74) is 2.95. The van der Waals surface area contributed by atoms with Crippen molar-refractivity contribution in [3.8, 4) is 5.75 Å². The number of carbonyl (C=O) groups is 1. The minimum Gasteiger partial charge on any atom is -0.489 e. The molecular formula is C28H24ClN3O4. The Morgan fingerprint density at radius 1 is 1.00 bits per heavy atom. The van der Waals surface area contributed by atoms with E-state index in [1.54, 1.807) is 11.0 Å². The molecule has 4 aromatic rings. The summed E-state index contributed by atoms with van der Waals surface area (Å²) in [7, 11) is 0. The van der Waals surface area contributed by atoms with Crippen LogP contribution < -0.4 is 4.74 Å². The van der Waals surface area contributed by atoms with Crippen molar-refractivity contribution < 1.29 is 14.5 Å². The Morgan fingerprint density at radius 2 is 1.78 bits per heavy atom. The van der Waals surface area contributed by atoms with E-state index in [-0.39, 0.29) is 28.2 Å². The lowest BCUT2D eigenvalue weighted by molar-refractivity contribution is -0.384. The maximum atomic E-state index is 13.7. The fraction of sp³-hybridized carbons (Fsp3) is 0.179. The first-order valence-electron chi connectivity index (χ1n) is 11.7. The Balaban J connectivity index is 1.46. The van der Waals surface area contributed by atoms with Gasteiger partial charge >= 0.3 is 0 Å². The average molecular weight is 502 g/mol. The molecule has 5 rings (SSSR count). The van der Waals surface area contributed by atoms with E-state index in [4.69, 9.17) is 16.3 Å². The van der Waals surface area contributed by atoms with Gasteiger partial charge in [-0.05, 0) is 53.9 Å². The first-order chi connectivity index (χ1) is 17.5. The van der Waals surface area contributed by atoms with Gasteiger partial charge in [-0.1, -0.05) is 54.1 Å². The van der Waals surface area contributed by atoms with Crippen molar-refractivity contribution in [2.45, 2.75) is 25.6 Å². The molecule has 0 aliphatic carbocycles. The average Bonchev–Trinajstić information content (AvgIpc) is 3.28. The van der Waals surface area contributed by atoms with E-state index >= 15 is 0 Å². The molecule has 0 radical (unpaired) electrons. The normalized spacial score (nSPS) is 15.1. The van der Waals surface area contributed by atoms with Gasteiger partial charge in [-0.25, -0.2) is 0 Å². The molecule has 3 aromatic carbocycles. The van der Waals surface area contributed by atoms with Crippen LogP contribution in [0, 0.1) is 10.1 Å². The molecule has 0 saturated carbocycles. The van der Waals surface area contributed by atoms with Gasteiger partial charge in [0.1, 0.15) is 17.4 Å². The highest BCUT2D eigenvalue weighted by Crippen LogP contribution is 2.35. The second-order valence-electron chi connectivity index (χ2n) is 8.65. The summed E-state index contributed by atoms with van der Waals surface area (Å²) in [6, 6.07) is 25.5. The van der Waals surface area contributed by atoms with Crippen molar-refractivity contribution in [3.63, 3.8) is 0 Å². The number of nitro groups is 1. The molecule has 0 spiro atoms. The molecule has 1 amide bonds. The van der Waals surface area contributed by atoms with Crippen molar-refractivity contribution >= 4 is 23.2 Å². The van der Waals surface area contributed by atoms with E-state index in [2.05, 4.69) is 4.57 Å². The van der Waals surface area contributed by atoms with Crippen LogP contribution in [0.15, 0.2) is 91.1 Å². The fourth-order valence-corrected chi connectivity index (χ4v) is 4.77. The summed E-state index contributed by atoms with van der Waals surface area (Å²) in [4.78, 5) is 26.3. The number of nitro benzene ring substituents is 1. The number of carbonyl (C=O) groups excluding carboxylic acids is 1. The maximum Gasteiger partial charge on any atom is 0.288 e. The van der Waals surface area contributed by atoms with Crippen LogP contribution in [0.5, 0.6) is 5.75 Å². The predicted molar refractivity (Wildman–Crippen MR) is 137 cm³/mol. The molecule has 0 bridgehead atoms. The van der Waals surface area contributed by atoms with Crippen LogP contribution in [0.1, 0.15) is 39.6 Å². The molecule has 7 nitrogen and oxygen atoms in total. The number of rotatable bonds is 6. The van der Waals surface area contributed by atoms with Crippen LogP contribution in [0.3, 0.4) is 0 Å². The summed E-state index contributed by atoms with van der Waals surface area (Å²) in [5, 5.41) is 11.4. The van der Waals surface area contributed by atoms with Gasteiger partial charge in [-0.3, -0.25) is 14.9 Å². The molecule has 0 saturated heterocycles. The number of aromatic nitrogens is 1. The van der Waals surface area contributed by atoms with Crippen molar-refractivity contribution in [1.29, 1.82) is 0 Å². The Kier molecular flexibility index (Phi) is 6.73. The zero-order chi connectivity index (χ0) is 25.1. The number of ether oxygens (including phenoxy) is 1. The largest absolute Gasteiger partial charge is 0.489 e. The SMILES string of the molecule is O=C(c1ccc(Cl)c([N+](=O)[O-])c1)N1CCCn2cccc2C1c1ccc(OCc2ccccc2)cc1. The first-order valence-corrected chi connectivity index (χ1v) is 12.1. The molecule has 36 heavy (non-hydrogen) atoms. The molecule has 1 atom stereocenters. The monoisotopic (exact) mass is 501 g/mol. The predicted octanol–water partition coefficient (Wildman–Crippen LogP) is 6.26. The van der Waals surface area contributed by atoms with E-state index in [1.165, 1.54) is 12.1 Å². The Labute approximate surface area is 213 Å². The summed E-state index contributed by atoms with van der Waals surface area (Å²) in [5.74, 6) is 0.455. The fourth-order valence-electron chi connectivity index (χ4n) is 4.59. The zero-order valence-electron chi connectivity index (χ0n) is 19.4. The van der Waals surface area contributed by atoms with Crippen LogP contribution in [-0.2, 0) is 13.2 Å². The van der Waals surface area contributed by atoms with Crippen LogP contribution >= 0.6 is 11.6 Å². The van der Waals surface area contributed by atoms with Gasteiger partial charge in [0.25, 0.3) is 11.6 Å². The third kappa shape index (κ3) is 4.83. The van der Waals surface area contributed by atoms with Gasteiger partial charge in [-0.2, -0.15) is 0 Å². The lowest BCUT2D eigenvalue weighted by Crippen LogP contribution is -2.35. The minimum absolute atomic E-state index is 0.00364. The Morgan fingerprint density at radius 3 is 2.53 bits per heavy atom. The molecule has 0 fully saturated rings. The van der Waals surface area contributed by atoms with Gasteiger partial charge in [0, 0.05) is 36.6 Å². The topological polar surface area (TPSA) is 77.6 Å². The molecule has 2 heterocycles.